The molecule has 1 heterocycles. The summed E-state index contributed by atoms with van der Waals surface area (Å²) in [5.74, 6) is 1.85. The van der Waals surface area contributed by atoms with Crippen LogP contribution in [0.15, 0.2) is 54.6 Å². The van der Waals surface area contributed by atoms with Crippen LogP contribution in [0.25, 0.3) is 0 Å². The number of hydrogen-bond acceptors (Lipinski definition) is 6. The number of nitrogens with zero attached hydrogens (tertiary/aromatic N) is 2. The summed E-state index contributed by atoms with van der Waals surface area (Å²) in [6, 6.07) is 16.0. The molecule has 3 aromatic carbocycles. The number of aryl methyl sites for hydroxylation is 2. The molecular formula is C27H29N3O5S. The second-order valence-corrected chi connectivity index (χ2v) is 9.06. The number of rotatable bonds is 7. The van der Waals surface area contributed by atoms with Crippen LogP contribution < -0.4 is 19.5 Å². The summed E-state index contributed by atoms with van der Waals surface area (Å²) < 4.78 is 17.2. The lowest BCUT2D eigenvalue weighted by Gasteiger charge is -2.39. The number of hydrogen-bond donors (Lipinski definition) is 1. The van der Waals surface area contributed by atoms with Crippen LogP contribution in [0.4, 0.5) is 11.4 Å². The number of nitro groups is 1. The van der Waals surface area contributed by atoms with Crippen molar-refractivity contribution in [3.63, 3.8) is 0 Å². The van der Waals surface area contributed by atoms with Crippen LogP contribution in [-0.4, -0.2) is 42.3 Å². The highest BCUT2D eigenvalue weighted by Gasteiger charge is 2.31. The molecule has 0 fully saturated rings. The van der Waals surface area contributed by atoms with Crippen molar-refractivity contribution in [2.24, 2.45) is 0 Å². The Morgan fingerprint density at radius 3 is 2.42 bits per heavy atom. The third kappa shape index (κ3) is 5.36. The lowest BCUT2D eigenvalue weighted by atomic mass is 9.92. The number of nitro benzene ring substituents is 1. The molecule has 3 aromatic rings. The number of non-ortho nitro benzene ring substituents is 1. The molecule has 1 aliphatic rings. The maximum Gasteiger partial charge on any atom is 0.269 e. The second kappa shape index (κ2) is 10.8. The van der Waals surface area contributed by atoms with Gasteiger partial charge in [-0.3, -0.25) is 10.1 Å². The third-order valence-corrected chi connectivity index (χ3v) is 6.68. The molecule has 0 aromatic heterocycles. The number of benzene rings is 3. The van der Waals surface area contributed by atoms with E-state index in [1.54, 1.807) is 26.4 Å². The van der Waals surface area contributed by atoms with E-state index in [9.17, 15) is 10.1 Å². The third-order valence-electron chi connectivity index (χ3n) is 6.34. The molecule has 0 amide bonds. The molecule has 4 rings (SSSR count). The van der Waals surface area contributed by atoms with E-state index < -0.39 is 4.92 Å². The van der Waals surface area contributed by atoms with Crippen molar-refractivity contribution < 1.29 is 19.1 Å². The summed E-state index contributed by atoms with van der Waals surface area (Å²) >= 11 is 5.87. The minimum absolute atomic E-state index is 0.0164. The topological polar surface area (TPSA) is 86.1 Å². The molecule has 1 N–H and O–H groups in total. The molecule has 0 saturated carbocycles. The quantitative estimate of drug-likeness (QED) is 0.251. The first-order chi connectivity index (χ1) is 17.3. The fourth-order valence-electron chi connectivity index (χ4n) is 4.43. The molecule has 1 aliphatic heterocycles. The van der Waals surface area contributed by atoms with Gasteiger partial charge in [0.15, 0.2) is 16.6 Å². The van der Waals surface area contributed by atoms with Crippen LogP contribution in [0.5, 0.6) is 17.2 Å². The summed E-state index contributed by atoms with van der Waals surface area (Å²) in [5.41, 5.74) is 5.44. The average Bonchev–Trinajstić information content (AvgIpc) is 2.88. The van der Waals surface area contributed by atoms with Crippen molar-refractivity contribution in [1.29, 1.82) is 0 Å². The van der Waals surface area contributed by atoms with Gasteiger partial charge in [0.25, 0.3) is 5.69 Å². The predicted octanol–water partition coefficient (Wildman–Crippen LogP) is 5.60. The van der Waals surface area contributed by atoms with Crippen LogP contribution >= 0.6 is 12.2 Å². The summed E-state index contributed by atoms with van der Waals surface area (Å²) in [6.45, 7) is 5.09. The summed E-state index contributed by atoms with van der Waals surface area (Å²) in [7, 11) is 3.23. The van der Waals surface area contributed by atoms with Gasteiger partial charge < -0.3 is 24.4 Å². The van der Waals surface area contributed by atoms with E-state index in [1.165, 1.54) is 17.7 Å². The SMILES string of the molecule is COc1cc2c(cc1OC)C(COc1ccc([N+](=O)[O-])cc1)N(C(=S)Nc1ccc(C)cc1C)CC2. The van der Waals surface area contributed by atoms with Gasteiger partial charge >= 0.3 is 0 Å². The standard InChI is InChI=1S/C27H29N3O5S/c1-17-5-10-23(18(2)13-17)28-27(36)29-12-11-19-14-25(33-3)26(34-4)15-22(19)24(29)16-35-21-8-6-20(7-9-21)30(31)32/h5-10,13-15,24H,11-12,16H2,1-4H3,(H,28,36). The van der Waals surface area contributed by atoms with E-state index in [4.69, 9.17) is 26.4 Å². The molecule has 0 aliphatic carbocycles. The van der Waals surface area contributed by atoms with E-state index in [2.05, 4.69) is 36.2 Å². The van der Waals surface area contributed by atoms with Gasteiger partial charge in [-0.2, -0.15) is 0 Å². The van der Waals surface area contributed by atoms with Gasteiger partial charge in [-0.1, -0.05) is 17.7 Å². The molecule has 188 valence electrons. The molecule has 36 heavy (non-hydrogen) atoms. The Morgan fingerprint density at radius 2 is 1.78 bits per heavy atom. The van der Waals surface area contributed by atoms with Gasteiger partial charge in [-0.05, 0) is 79.5 Å². The first-order valence-corrected chi connectivity index (χ1v) is 12.0. The molecule has 9 heteroatoms. The Hall–Kier alpha value is -3.85. The minimum atomic E-state index is -0.431. The summed E-state index contributed by atoms with van der Waals surface area (Å²) in [6.07, 6.45) is 0.776. The normalized spacial score (nSPS) is 14.6. The number of fused-ring (bicyclic) bond motifs is 1. The van der Waals surface area contributed by atoms with Crippen LogP contribution in [0.1, 0.15) is 28.3 Å². The zero-order chi connectivity index (χ0) is 25.8. The van der Waals surface area contributed by atoms with Gasteiger partial charge in [-0.25, -0.2) is 0 Å². The van der Waals surface area contributed by atoms with Crippen molar-refractivity contribution in [2.45, 2.75) is 26.3 Å². The molecule has 1 atom stereocenters. The maximum absolute atomic E-state index is 11.0. The fourth-order valence-corrected chi connectivity index (χ4v) is 4.76. The first-order valence-electron chi connectivity index (χ1n) is 11.6. The number of thiocarbonyl (C=S) groups is 1. The molecule has 1 unspecified atom stereocenters. The van der Waals surface area contributed by atoms with E-state index in [0.717, 1.165) is 28.8 Å². The van der Waals surface area contributed by atoms with Gasteiger partial charge in [0.05, 0.1) is 25.2 Å². The zero-order valence-electron chi connectivity index (χ0n) is 20.7. The van der Waals surface area contributed by atoms with Crippen molar-refractivity contribution >= 4 is 28.7 Å². The highest BCUT2D eigenvalue weighted by atomic mass is 32.1. The van der Waals surface area contributed by atoms with E-state index in [0.29, 0.717) is 28.9 Å². The molecule has 0 saturated heterocycles. The summed E-state index contributed by atoms with van der Waals surface area (Å²) in [4.78, 5) is 12.7. The van der Waals surface area contributed by atoms with E-state index in [1.807, 2.05) is 18.2 Å². The Bertz CT molecular complexity index is 1280. The van der Waals surface area contributed by atoms with Crippen molar-refractivity contribution in [3.05, 3.63) is 87.0 Å². The second-order valence-electron chi connectivity index (χ2n) is 8.68. The van der Waals surface area contributed by atoms with Crippen LogP contribution in [0.2, 0.25) is 0 Å². The van der Waals surface area contributed by atoms with Crippen molar-refractivity contribution in [2.75, 3.05) is 32.7 Å². The number of anilines is 1. The van der Waals surface area contributed by atoms with Gasteiger partial charge in [0, 0.05) is 24.4 Å². The molecule has 0 radical (unpaired) electrons. The molecular weight excluding hydrogens is 478 g/mol. The minimum Gasteiger partial charge on any atom is -0.493 e. The van der Waals surface area contributed by atoms with Crippen molar-refractivity contribution in [1.82, 2.24) is 4.90 Å². The monoisotopic (exact) mass is 507 g/mol. The fraction of sp³-hybridized carbons (Fsp3) is 0.296. The zero-order valence-corrected chi connectivity index (χ0v) is 21.6. The summed E-state index contributed by atoms with van der Waals surface area (Å²) in [5, 5.41) is 15.0. The Morgan fingerprint density at radius 1 is 1.08 bits per heavy atom. The van der Waals surface area contributed by atoms with Gasteiger partial charge in [-0.15, -0.1) is 0 Å². The largest absolute Gasteiger partial charge is 0.493 e. The predicted molar refractivity (Wildman–Crippen MR) is 143 cm³/mol. The molecule has 8 nitrogen and oxygen atoms in total. The molecule has 0 spiro atoms. The molecule has 0 bridgehead atoms. The number of ether oxygens (including phenoxy) is 3. The number of nitrogens with one attached hydrogen (secondary N) is 1. The smallest absolute Gasteiger partial charge is 0.269 e. The first kappa shape index (κ1) is 25.2. The number of methoxy groups -OCH3 is 2. The van der Waals surface area contributed by atoms with E-state index in [-0.39, 0.29) is 18.3 Å². The van der Waals surface area contributed by atoms with Gasteiger partial charge in [0.1, 0.15) is 12.4 Å². The Kier molecular flexibility index (Phi) is 7.59. The maximum atomic E-state index is 11.0. The lowest BCUT2D eigenvalue weighted by Crippen LogP contribution is -2.44. The van der Waals surface area contributed by atoms with Crippen LogP contribution in [0.3, 0.4) is 0 Å². The lowest BCUT2D eigenvalue weighted by molar-refractivity contribution is -0.384. The van der Waals surface area contributed by atoms with Gasteiger partial charge in [0.2, 0.25) is 0 Å². The van der Waals surface area contributed by atoms with E-state index >= 15 is 0 Å². The van der Waals surface area contributed by atoms with Crippen LogP contribution in [-0.2, 0) is 6.42 Å². The highest BCUT2D eigenvalue weighted by Crippen LogP contribution is 2.39. The average molecular weight is 508 g/mol. The Labute approximate surface area is 215 Å². The van der Waals surface area contributed by atoms with Crippen molar-refractivity contribution in [3.8, 4) is 17.2 Å². The van der Waals surface area contributed by atoms with Crippen LogP contribution in [0, 0.1) is 24.0 Å². The highest BCUT2D eigenvalue weighted by molar-refractivity contribution is 7.80. The Balaban J connectivity index is 1.64.